The molecule has 15 heteroatoms. The summed E-state index contributed by atoms with van der Waals surface area (Å²) < 4.78 is 123. The fraction of sp³-hybridized carbons (Fsp3) is 0.643. The Morgan fingerprint density at radius 3 is 2.17 bits per heavy atom. The van der Waals surface area contributed by atoms with Crippen LogP contribution in [0, 0.1) is 0 Å². The number of nitrogens with zero attached hydrogens (tertiary/aromatic N) is 2. The van der Waals surface area contributed by atoms with Gasteiger partial charge in [-0.05, 0) is 19.9 Å². The van der Waals surface area contributed by atoms with E-state index in [9.17, 15) is 39.5 Å². The van der Waals surface area contributed by atoms with Gasteiger partial charge in [0.05, 0.1) is 10.6 Å². The highest BCUT2D eigenvalue weighted by Crippen LogP contribution is 2.53. The zero-order chi connectivity index (χ0) is 22.4. The van der Waals surface area contributed by atoms with Crippen LogP contribution >= 0.6 is 11.8 Å². The number of alkyl halides is 9. The molecule has 0 saturated heterocycles. The van der Waals surface area contributed by atoms with E-state index < -0.39 is 53.1 Å². The smallest absolute Gasteiger partial charge is 0.435 e. The Morgan fingerprint density at radius 2 is 1.76 bits per heavy atom. The predicted molar refractivity (Wildman–Crippen MR) is 82.5 cm³/mol. The Kier molecular flexibility index (Phi) is 6.07. The average molecular weight is 459 g/mol. The van der Waals surface area contributed by atoms with Gasteiger partial charge in [0, 0.05) is 7.05 Å². The van der Waals surface area contributed by atoms with Crippen molar-refractivity contribution in [2.45, 2.75) is 43.2 Å². The monoisotopic (exact) mass is 459 g/mol. The highest BCUT2D eigenvalue weighted by atomic mass is 32.2. The molecule has 0 aliphatic carbocycles. The first-order valence-corrected chi connectivity index (χ1v) is 8.52. The van der Waals surface area contributed by atoms with Gasteiger partial charge in [-0.2, -0.15) is 44.6 Å². The van der Waals surface area contributed by atoms with Crippen molar-refractivity contribution in [3.05, 3.63) is 22.4 Å². The zero-order valence-electron chi connectivity index (χ0n) is 14.9. The van der Waals surface area contributed by atoms with Crippen LogP contribution in [-0.2, 0) is 18.1 Å². The van der Waals surface area contributed by atoms with E-state index in [1.54, 1.807) is 0 Å². The van der Waals surface area contributed by atoms with Crippen LogP contribution in [0.25, 0.3) is 0 Å². The third kappa shape index (κ3) is 5.87. The minimum Gasteiger partial charge on any atom is -0.468 e. The van der Waals surface area contributed by atoms with E-state index in [0.717, 1.165) is 7.05 Å². The number of halogens is 9. The number of hydrogen-bond donors (Lipinski definition) is 1. The average Bonchev–Trinajstić information content (AvgIpc) is 3.00. The highest BCUT2D eigenvalue weighted by Gasteiger charge is 2.52. The largest absolute Gasteiger partial charge is 0.468 e. The standard InChI is InChI=1S/C14H14F9N3O2S/c1-11(2)4-6(25-28-11)29-9(14(21,22)23)7-8(13(18,19)20)24-26(3)10(7)27-5-12(15,16)17/h4,9,25H,5H2,1-3H3. The fourth-order valence-corrected chi connectivity index (χ4v) is 3.48. The van der Waals surface area contributed by atoms with Gasteiger partial charge in [-0.25, -0.2) is 4.68 Å². The molecular formula is C14H14F9N3O2S. The van der Waals surface area contributed by atoms with Gasteiger partial charge >= 0.3 is 18.5 Å². The Balaban J connectivity index is 2.58. The minimum atomic E-state index is -5.37. The highest BCUT2D eigenvalue weighted by molar-refractivity contribution is 8.03. The summed E-state index contributed by atoms with van der Waals surface area (Å²) in [6.07, 6.45) is -14.5. The topological polar surface area (TPSA) is 48.3 Å². The van der Waals surface area contributed by atoms with Crippen molar-refractivity contribution >= 4 is 11.8 Å². The summed E-state index contributed by atoms with van der Waals surface area (Å²) in [5.74, 6) is -1.29. The lowest BCUT2D eigenvalue weighted by Crippen LogP contribution is -2.25. The van der Waals surface area contributed by atoms with Crippen molar-refractivity contribution in [2.75, 3.05) is 6.61 Å². The number of rotatable bonds is 5. The molecule has 1 N–H and O–H groups in total. The number of hydrogen-bond acceptors (Lipinski definition) is 5. The van der Waals surface area contributed by atoms with Gasteiger partial charge in [-0.1, -0.05) is 11.8 Å². The van der Waals surface area contributed by atoms with E-state index in [-0.39, 0.29) is 21.5 Å². The third-order valence-electron chi connectivity index (χ3n) is 3.37. The number of thioether (sulfide) groups is 1. The first kappa shape index (κ1) is 23.5. The minimum absolute atomic E-state index is 0.109. The quantitative estimate of drug-likeness (QED) is 0.637. The maximum Gasteiger partial charge on any atom is 0.435 e. The second-order valence-corrected chi connectivity index (χ2v) is 7.60. The van der Waals surface area contributed by atoms with Crippen molar-refractivity contribution in [3.63, 3.8) is 0 Å². The number of aromatic nitrogens is 2. The molecule has 0 radical (unpaired) electrons. The van der Waals surface area contributed by atoms with E-state index in [1.165, 1.54) is 19.9 Å². The molecule has 2 heterocycles. The Morgan fingerprint density at radius 1 is 1.17 bits per heavy atom. The zero-order valence-corrected chi connectivity index (χ0v) is 15.7. The lowest BCUT2D eigenvalue weighted by atomic mass is 10.1. The summed E-state index contributed by atoms with van der Waals surface area (Å²) in [4.78, 5) is 4.97. The molecule has 0 bridgehead atoms. The van der Waals surface area contributed by atoms with Crippen molar-refractivity contribution in [1.82, 2.24) is 15.3 Å². The van der Waals surface area contributed by atoms with Gasteiger partial charge in [-0.3, -0.25) is 10.3 Å². The Hall–Kier alpha value is -1.77. The van der Waals surface area contributed by atoms with Crippen LogP contribution in [-0.4, -0.2) is 34.3 Å². The summed E-state index contributed by atoms with van der Waals surface area (Å²) in [5.41, 5.74) is -2.45. The molecule has 0 spiro atoms. The summed E-state index contributed by atoms with van der Waals surface area (Å²) >= 11 is -0.109. The number of nitrogens with one attached hydrogen (secondary N) is 1. The van der Waals surface area contributed by atoms with E-state index in [0.29, 0.717) is 0 Å². The molecule has 1 unspecified atom stereocenters. The van der Waals surface area contributed by atoms with E-state index in [2.05, 4.69) is 15.3 Å². The van der Waals surface area contributed by atoms with Gasteiger partial charge in [0.2, 0.25) is 5.88 Å². The summed E-state index contributed by atoms with van der Waals surface area (Å²) in [6, 6.07) is 0. The Bertz CT molecular complexity index is 781. The summed E-state index contributed by atoms with van der Waals surface area (Å²) in [6.45, 7) is 0.849. The lowest BCUT2D eigenvalue weighted by molar-refractivity contribution is -0.155. The maximum atomic E-state index is 13.7. The number of ether oxygens (including phenoxy) is 1. The molecular weight excluding hydrogens is 445 g/mol. The van der Waals surface area contributed by atoms with Crippen molar-refractivity contribution in [2.24, 2.45) is 7.05 Å². The Labute approximate surface area is 162 Å². The number of hydroxylamine groups is 1. The summed E-state index contributed by atoms with van der Waals surface area (Å²) in [7, 11) is 0.752. The van der Waals surface area contributed by atoms with Crippen molar-refractivity contribution in [1.29, 1.82) is 0 Å². The second-order valence-electron chi connectivity index (χ2n) is 6.45. The molecule has 2 rings (SSSR count). The summed E-state index contributed by atoms with van der Waals surface area (Å²) in [5, 5.41) is -0.270. The predicted octanol–water partition coefficient (Wildman–Crippen LogP) is 4.87. The van der Waals surface area contributed by atoms with Crippen LogP contribution in [0.1, 0.15) is 30.4 Å². The van der Waals surface area contributed by atoms with Gasteiger partial charge in [0.15, 0.2) is 12.3 Å². The van der Waals surface area contributed by atoms with Crippen LogP contribution in [0.5, 0.6) is 5.88 Å². The van der Waals surface area contributed by atoms with Crippen LogP contribution in [0.4, 0.5) is 39.5 Å². The molecule has 1 aliphatic heterocycles. The molecule has 0 aromatic carbocycles. The van der Waals surface area contributed by atoms with Crippen LogP contribution in [0.2, 0.25) is 0 Å². The van der Waals surface area contributed by atoms with Gasteiger partial charge in [0.25, 0.3) is 0 Å². The SMILES string of the molecule is Cn1nc(C(F)(F)F)c(C(SC2=CC(C)(C)ON2)C(F)(F)F)c1OCC(F)(F)F. The molecule has 29 heavy (non-hydrogen) atoms. The third-order valence-corrected chi connectivity index (χ3v) is 4.56. The van der Waals surface area contributed by atoms with Gasteiger partial charge in [0.1, 0.15) is 10.9 Å². The molecule has 0 amide bonds. The van der Waals surface area contributed by atoms with Gasteiger partial charge in [-0.15, -0.1) is 0 Å². The molecule has 1 atom stereocenters. The first-order chi connectivity index (χ1) is 12.9. The number of aryl methyl sites for hydroxylation is 1. The molecule has 0 saturated carbocycles. The van der Waals surface area contributed by atoms with E-state index in [1.807, 2.05) is 0 Å². The molecule has 0 fully saturated rings. The van der Waals surface area contributed by atoms with Crippen molar-refractivity contribution in [3.8, 4) is 5.88 Å². The van der Waals surface area contributed by atoms with Gasteiger partial charge < -0.3 is 4.74 Å². The lowest BCUT2D eigenvalue weighted by Gasteiger charge is -2.22. The molecule has 166 valence electrons. The normalized spacial score (nSPS) is 18.4. The first-order valence-electron chi connectivity index (χ1n) is 7.64. The van der Waals surface area contributed by atoms with E-state index in [4.69, 9.17) is 4.84 Å². The molecule has 1 aliphatic rings. The molecule has 5 nitrogen and oxygen atoms in total. The molecule has 1 aromatic heterocycles. The fourth-order valence-electron chi connectivity index (χ4n) is 2.32. The van der Waals surface area contributed by atoms with Crippen LogP contribution in [0.15, 0.2) is 11.1 Å². The van der Waals surface area contributed by atoms with E-state index >= 15 is 0 Å². The second kappa shape index (κ2) is 7.49. The van der Waals surface area contributed by atoms with Crippen LogP contribution < -0.4 is 10.2 Å². The van der Waals surface area contributed by atoms with Crippen molar-refractivity contribution < 1.29 is 49.1 Å². The molecule has 1 aromatic rings. The van der Waals surface area contributed by atoms with Crippen LogP contribution in [0.3, 0.4) is 0 Å². The maximum absolute atomic E-state index is 13.7.